The predicted octanol–water partition coefficient (Wildman–Crippen LogP) is -7.29. The third kappa shape index (κ3) is 9.80. The van der Waals surface area contributed by atoms with Crippen LogP contribution in [0.2, 0.25) is 0 Å². The first-order valence-electron chi connectivity index (χ1n) is 2.13. The number of halogens is 3. The van der Waals surface area contributed by atoms with Crippen LogP contribution in [-0.2, 0) is 26.2 Å². The van der Waals surface area contributed by atoms with Crippen molar-refractivity contribution in [1.82, 2.24) is 0 Å². The molecular weight excluding hydrogens is 403 g/mol. The minimum Gasteiger partial charge on any atom is -1.00 e. The molecule has 0 saturated heterocycles. The molecule has 0 saturated carbocycles. The molecule has 0 amide bonds. The number of allylic oxidation sites excluding steroid dienone is 4. The minimum atomic E-state index is 0. The van der Waals surface area contributed by atoms with E-state index in [0.717, 1.165) is 6.42 Å². The molecule has 0 heterocycles. The second-order valence-corrected chi connectivity index (χ2v) is 1.47. The van der Waals surface area contributed by atoms with Crippen LogP contribution in [0, 0.1) is 6.08 Å². The Morgan fingerprint density at radius 1 is 1.30 bits per heavy atom. The Morgan fingerprint density at radius 2 is 1.80 bits per heavy atom. The molecule has 4 heteroatoms. The first kappa shape index (κ1) is 22.6. The summed E-state index contributed by atoms with van der Waals surface area (Å²) < 4.78 is 0. The van der Waals surface area contributed by atoms with Crippen LogP contribution in [0.25, 0.3) is 0 Å². The summed E-state index contributed by atoms with van der Waals surface area (Å²) in [6, 6.07) is 0. The van der Waals surface area contributed by atoms with Crippen molar-refractivity contribution in [1.29, 1.82) is 0 Å². The molecule has 1 aliphatic carbocycles. The van der Waals surface area contributed by atoms with Crippen LogP contribution in [0.4, 0.5) is 0 Å². The Kier molecular flexibility index (Phi) is 30.3. The average molecular weight is 410 g/mol. The number of hydrogen-bond acceptors (Lipinski definition) is 0. The van der Waals surface area contributed by atoms with Crippen molar-refractivity contribution in [3.8, 4) is 0 Å². The van der Waals surface area contributed by atoms with Gasteiger partial charge in [-0.3, -0.25) is 6.08 Å². The van der Waals surface area contributed by atoms with Crippen molar-refractivity contribution < 1.29 is 77.1 Å². The number of hydrogen-bond donors (Lipinski definition) is 0. The molecule has 0 N–H and O–H groups in total. The maximum absolute atomic E-state index is 3.12. The minimum absolute atomic E-state index is 0. The maximum Gasteiger partial charge on any atom is 4.00 e. The third-order valence-electron chi connectivity index (χ3n) is 0.867. The second-order valence-electron chi connectivity index (χ2n) is 1.47. The van der Waals surface area contributed by atoms with Crippen molar-refractivity contribution in [2.24, 2.45) is 0 Å². The van der Waals surface area contributed by atoms with Crippen LogP contribution in [0.5, 0.6) is 0 Å². The fourth-order valence-electron chi connectivity index (χ4n) is 0.515. The largest absolute Gasteiger partial charge is 4.00 e. The van der Waals surface area contributed by atoms with Gasteiger partial charge in [0.15, 0.2) is 0 Å². The van der Waals surface area contributed by atoms with Crippen LogP contribution < -0.4 is 50.9 Å². The van der Waals surface area contributed by atoms with Crippen LogP contribution in [0.1, 0.15) is 13.3 Å². The van der Waals surface area contributed by atoms with Gasteiger partial charge in [0.1, 0.15) is 0 Å². The third-order valence-corrected chi connectivity index (χ3v) is 0.867. The summed E-state index contributed by atoms with van der Waals surface area (Å²) in [4.78, 5) is 0. The molecular formula is C6H7Br3Zr. The van der Waals surface area contributed by atoms with Gasteiger partial charge in [-0.1, -0.05) is 6.92 Å². The van der Waals surface area contributed by atoms with Crippen LogP contribution in [-0.4, -0.2) is 0 Å². The summed E-state index contributed by atoms with van der Waals surface area (Å²) in [5.41, 5.74) is 1.27. The van der Waals surface area contributed by atoms with Gasteiger partial charge in [-0.15, -0.1) is 6.42 Å². The molecule has 0 unspecified atom stereocenters. The molecule has 0 nitrogen and oxygen atoms in total. The SMILES string of the molecule is CC1=[C-]CC=C1.[Br-].[Br-].[Br-].[Zr+4]. The van der Waals surface area contributed by atoms with Gasteiger partial charge in [-0.2, -0.15) is 6.08 Å². The second kappa shape index (κ2) is 13.4. The Hall–Kier alpha value is 1.80. The Labute approximate surface area is 113 Å². The van der Waals surface area contributed by atoms with Crippen molar-refractivity contribution in [3.05, 3.63) is 23.8 Å². The van der Waals surface area contributed by atoms with Gasteiger partial charge in [0.05, 0.1) is 0 Å². The summed E-state index contributed by atoms with van der Waals surface area (Å²) >= 11 is 0. The summed E-state index contributed by atoms with van der Waals surface area (Å²) in [6.45, 7) is 2.06. The maximum atomic E-state index is 3.12. The van der Waals surface area contributed by atoms with E-state index in [-0.39, 0.29) is 77.1 Å². The van der Waals surface area contributed by atoms with Gasteiger partial charge >= 0.3 is 26.2 Å². The normalized spacial score (nSPS) is 11.1. The van der Waals surface area contributed by atoms with E-state index in [1.54, 1.807) is 0 Å². The summed E-state index contributed by atoms with van der Waals surface area (Å²) in [7, 11) is 0. The van der Waals surface area contributed by atoms with Crippen molar-refractivity contribution in [2.45, 2.75) is 13.3 Å². The van der Waals surface area contributed by atoms with Gasteiger partial charge in [0, 0.05) is 0 Å². The molecule has 0 radical (unpaired) electrons. The monoisotopic (exact) mass is 406 g/mol. The van der Waals surface area contributed by atoms with Crippen molar-refractivity contribution >= 4 is 0 Å². The number of rotatable bonds is 0. The van der Waals surface area contributed by atoms with Crippen molar-refractivity contribution in [3.63, 3.8) is 0 Å². The van der Waals surface area contributed by atoms with E-state index in [4.69, 9.17) is 0 Å². The zero-order valence-corrected chi connectivity index (χ0v) is 12.7. The van der Waals surface area contributed by atoms with Crippen LogP contribution in [0.3, 0.4) is 0 Å². The molecule has 0 spiro atoms. The Bertz CT molecular complexity index is 107. The van der Waals surface area contributed by atoms with E-state index in [1.165, 1.54) is 5.57 Å². The molecule has 0 aliphatic heterocycles. The predicted molar refractivity (Wildman–Crippen MR) is 26.2 cm³/mol. The van der Waals surface area contributed by atoms with E-state index in [1.807, 2.05) is 0 Å². The van der Waals surface area contributed by atoms with Gasteiger partial charge < -0.3 is 50.9 Å². The topological polar surface area (TPSA) is 0 Å². The van der Waals surface area contributed by atoms with Gasteiger partial charge in [-0.25, -0.2) is 11.6 Å². The quantitative estimate of drug-likeness (QED) is 0.349. The van der Waals surface area contributed by atoms with E-state index in [9.17, 15) is 0 Å². The van der Waals surface area contributed by atoms with E-state index in [2.05, 4.69) is 25.2 Å². The molecule has 56 valence electrons. The molecule has 1 rings (SSSR count). The standard InChI is InChI=1S/C6H7.3BrH.Zr/c1-6-4-2-3-5-6;;;;/h2,4H,3H2,1H3;3*1H;/q-1;;;;+4/p-3. The molecule has 1 aliphatic rings. The van der Waals surface area contributed by atoms with Crippen molar-refractivity contribution in [2.75, 3.05) is 0 Å². The van der Waals surface area contributed by atoms with Crippen LogP contribution in [0.15, 0.2) is 17.7 Å². The zero-order chi connectivity index (χ0) is 4.41. The molecule has 0 aromatic heterocycles. The first-order valence-corrected chi connectivity index (χ1v) is 2.13. The fourth-order valence-corrected chi connectivity index (χ4v) is 0.515. The molecule has 0 aromatic carbocycles. The fraction of sp³-hybridized carbons (Fsp3) is 0.333. The smallest absolute Gasteiger partial charge is 1.00 e. The van der Waals surface area contributed by atoms with E-state index in [0.29, 0.717) is 0 Å². The van der Waals surface area contributed by atoms with Gasteiger partial charge in [0.25, 0.3) is 0 Å². The van der Waals surface area contributed by atoms with E-state index < -0.39 is 0 Å². The molecule has 0 fully saturated rings. The molecule has 10 heavy (non-hydrogen) atoms. The summed E-state index contributed by atoms with van der Waals surface area (Å²) in [5.74, 6) is 0. The Balaban J connectivity index is -0.0000000450. The molecule has 0 aromatic rings. The summed E-state index contributed by atoms with van der Waals surface area (Å²) in [5, 5.41) is 0. The van der Waals surface area contributed by atoms with E-state index >= 15 is 0 Å². The van der Waals surface area contributed by atoms with Gasteiger partial charge in [0.2, 0.25) is 0 Å². The average Bonchev–Trinajstić information content (AvgIpc) is 1.86. The van der Waals surface area contributed by atoms with Crippen LogP contribution >= 0.6 is 0 Å². The summed E-state index contributed by atoms with van der Waals surface area (Å²) in [6.07, 6.45) is 8.33. The Morgan fingerprint density at radius 3 is 1.90 bits per heavy atom. The first-order chi connectivity index (χ1) is 2.89. The van der Waals surface area contributed by atoms with Gasteiger partial charge in [-0.05, 0) is 0 Å². The molecule has 0 bridgehead atoms. The zero-order valence-electron chi connectivity index (χ0n) is 5.50. The molecule has 0 atom stereocenters.